The first kappa shape index (κ1) is 18.9. The van der Waals surface area contributed by atoms with Crippen LogP contribution >= 0.6 is 0 Å². The van der Waals surface area contributed by atoms with Gasteiger partial charge in [0.15, 0.2) is 0 Å². The molecule has 140 valence electrons. The largest absolute Gasteiger partial charge is 0.491 e. The summed E-state index contributed by atoms with van der Waals surface area (Å²) in [6.45, 7) is 3.95. The highest BCUT2D eigenvalue weighted by atomic mass is 16.5. The van der Waals surface area contributed by atoms with Crippen LogP contribution in [0.1, 0.15) is 29.9 Å². The van der Waals surface area contributed by atoms with Crippen molar-refractivity contribution >= 4 is 23.1 Å². The number of ether oxygens (including phenoxy) is 1. The lowest BCUT2D eigenvalue weighted by atomic mass is 10.2. The topological polar surface area (TPSA) is 99.9 Å². The highest BCUT2D eigenvalue weighted by Gasteiger charge is 2.09. The number of hydrogen-bond acceptors (Lipinski definition) is 6. The summed E-state index contributed by atoms with van der Waals surface area (Å²) >= 11 is 0. The van der Waals surface area contributed by atoms with Crippen molar-refractivity contribution in [3.63, 3.8) is 0 Å². The number of rotatable bonds is 6. The normalized spacial score (nSPS) is 10.2. The van der Waals surface area contributed by atoms with E-state index in [2.05, 4.69) is 20.6 Å². The molecule has 0 spiro atoms. The third kappa shape index (κ3) is 5.05. The molecule has 0 aliphatic carbocycles. The molecule has 2 N–H and O–H groups in total. The second-order valence-corrected chi connectivity index (χ2v) is 6.25. The second kappa shape index (κ2) is 8.64. The number of anilines is 3. The van der Waals surface area contributed by atoms with Gasteiger partial charge in [0, 0.05) is 11.4 Å². The Kier molecular flexibility index (Phi) is 5.82. The summed E-state index contributed by atoms with van der Waals surface area (Å²) in [4.78, 5) is 20.6. The Bertz CT molecular complexity index is 975. The molecule has 3 rings (SSSR count). The molecule has 7 nitrogen and oxygen atoms in total. The van der Waals surface area contributed by atoms with E-state index < -0.39 is 0 Å². The van der Waals surface area contributed by atoms with Crippen molar-refractivity contribution < 1.29 is 9.53 Å². The van der Waals surface area contributed by atoms with Gasteiger partial charge in [0.05, 0.1) is 30.1 Å². The molecule has 1 heterocycles. The molecule has 0 bridgehead atoms. The van der Waals surface area contributed by atoms with Crippen LogP contribution < -0.4 is 15.4 Å². The van der Waals surface area contributed by atoms with Crippen LogP contribution in [0.15, 0.2) is 60.9 Å². The van der Waals surface area contributed by atoms with Crippen LogP contribution in [-0.4, -0.2) is 22.0 Å². The molecule has 0 saturated carbocycles. The lowest BCUT2D eigenvalue weighted by Crippen LogP contribution is -2.14. The minimum absolute atomic E-state index is 0.118. The van der Waals surface area contributed by atoms with Gasteiger partial charge in [0.2, 0.25) is 0 Å². The van der Waals surface area contributed by atoms with E-state index in [9.17, 15) is 4.79 Å². The summed E-state index contributed by atoms with van der Waals surface area (Å²) < 4.78 is 5.61. The first-order valence-electron chi connectivity index (χ1n) is 8.71. The van der Waals surface area contributed by atoms with Gasteiger partial charge in [-0.2, -0.15) is 5.26 Å². The maximum atomic E-state index is 12.3. The van der Waals surface area contributed by atoms with E-state index in [0.29, 0.717) is 17.1 Å². The summed E-state index contributed by atoms with van der Waals surface area (Å²) in [5, 5.41) is 14.6. The number of amides is 1. The van der Waals surface area contributed by atoms with Gasteiger partial charge >= 0.3 is 0 Å². The van der Waals surface area contributed by atoms with Gasteiger partial charge in [0.1, 0.15) is 17.3 Å². The SMILES string of the molecule is CC(C)Oc1ccc(Nc2cnc(C(=O)Nc3ccc(C#N)cc3)cn2)cc1. The van der Waals surface area contributed by atoms with Crippen molar-refractivity contribution in [2.24, 2.45) is 0 Å². The number of nitriles is 1. The molecule has 0 radical (unpaired) electrons. The molecule has 1 aromatic heterocycles. The van der Waals surface area contributed by atoms with Crippen molar-refractivity contribution in [1.82, 2.24) is 9.97 Å². The molecule has 0 atom stereocenters. The van der Waals surface area contributed by atoms with Gasteiger partial charge in [0.25, 0.3) is 5.91 Å². The third-order valence-corrected chi connectivity index (χ3v) is 3.65. The zero-order chi connectivity index (χ0) is 19.9. The molecule has 1 amide bonds. The molecule has 7 heteroatoms. The van der Waals surface area contributed by atoms with E-state index in [1.54, 1.807) is 24.3 Å². The van der Waals surface area contributed by atoms with Crippen LogP contribution in [0.5, 0.6) is 5.75 Å². The van der Waals surface area contributed by atoms with Gasteiger partial charge in [-0.25, -0.2) is 9.97 Å². The molecule has 0 fully saturated rings. The maximum absolute atomic E-state index is 12.3. The number of hydrogen-bond donors (Lipinski definition) is 2. The number of benzene rings is 2. The zero-order valence-electron chi connectivity index (χ0n) is 15.5. The Labute approximate surface area is 163 Å². The van der Waals surface area contributed by atoms with E-state index in [1.807, 2.05) is 44.2 Å². The van der Waals surface area contributed by atoms with Crippen LogP contribution in [0.4, 0.5) is 17.2 Å². The Morgan fingerprint density at radius 2 is 1.68 bits per heavy atom. The van der Waals surface area contributed by atoms with Gasteiger partial charge in [-0.1, -0.05) is 0 Å². The van der Waals surface area contributed by atoms with Crippen LogP contribution in [0.2, 0.25) is 0 Å². The monoisotopic (exact) mass is 373 g/mol. The molecule has 0 aliphatic rings. The van der Waals surface area contributed by atoms with Crippen LogP contribution in [0, 0.1) is 11.3 Å². The zero-order valence-corrected chi connectivity index (χ0v) is 15.5. The molecular weight excluding hydrogens is 354 g/mol. The average molecular weight is 373 g/mol. The molecule has 3 aromatic rings. The molecular formula is C21H19N5O2. The summed E-state index contributed by atoms with van der Waals surface area (Å²) in [6, 6.07) is 16.1. The van der Waals surface area contributed by atoms with Crippen molar-refractivity contribution in [3.05, 3.63) is 72.2 Å². The third-order valence-electron chi connectivity index (χ3n) is 3.65. The van der Waals surface area contributed by atoms with Crippen molar-refractivity contribution in [2.75, 3.05) is 10.6 Å². The number of nitrogens with zero attached hydrogens (tertiary/aromatic N) is 3. The first-order chi connectivity index (χ1) is 13.5. The Balaban J connectivity index is 1.60. The standard InChI is InChI=1S/C21H19N5O2/c1-14(2)28-18-9-7-16(8-10-18)25-20-13-23-19(12-24-20)21(27)26-17-5-3-15(11-22)4-6-17/h3-10,12-14H,1-2H3,(H,24,25)(H,26,27). The second-order valence-electron chi connectivity index (χ2n) is 6.25. The van der Waals surface area contributed by atoms with Gasteiger partial charge in [-0.15, -0.1) is 0 Å². The quantitative estimate of drug-likeness (QED) is 0.674. The predicted octanol–water partition coefficient (Wildman–Crippen LogP) is 4.13. The predicted molar refractivity (Wildman–Crippen MR) is 107 cm³/mol. The van der Waals surface area contributed by atoms with Crippen molar-refractivity contribution in [2.45, 2.75) is 20.0 Å². The maximum Gasteiger partial charge on any atom is 0.275 e. The summed E-state index contributed by atoms with van der Waals surface area (Å²) in [7, 11) is 0. The van der Waals surface area contributed by atoms with E-state index in [0.717, 1.165) is 11.4 Å². The number of nitrogens with one attached hydrogen (secondary N) is 2. The van der Waals surface area contributed by atoms with Crippen LogP contribution in [0.3, 0.4) is 0 Å². The lowest BCUT2D eigenvalue weighted by Gasteiger charge is -2.11. The fourth-order valence-corrected chi connectivity index (χ4v) is 2.37. The van der Waals surface area contributed by atoms with Gasteiger partial charge < -0.3 is 15.4 Å². The Hall–Kier alpha value is -3.92. The minimum atomic E-state index is -0.376. The Morgan fingerprint density at radius 3 is 2.25 bits per heavy atom. The molecule has 0 aliphatic heterocycles. The summed E-state index contributed by atoms with van der Waals surface area (Å²) in [6.07, 6.45) is 3.01. The minimum Gasteiger partial charge on any atom is -0.491 e. The highest BCUT2D eigenvalue weighted by molar-refractivity contribution is 6.02. The molecule has 28 heavy (non-hydrogen) atoms. The van der Waals surface area contributed by atoms with Crippen molar-refractivity contribution in [3.8, 4) is 11.8 Å². The highest BCUT2D eigenvalue weighted by Crippen LogP contribution is 2.19. The van der Waals surface area contributed by atoms with Gasteiger partial charge in [-0.3, -0.25) is 4.79 Å². The van der Waals surface area contributed by atoms with E-state index >= 15 is 0 Å². The van der Waals surface area contributed by atoms with E-state index in [1.165, 1.54) is 12.4 Å². The fourth-order valence-electron chi connectivity index (χ4n) is 2.37. The van der Waals surface area contributed by atoms with Crippen molar-refractivity contribution in [1.29, 1.82) is 5.26 Å². The van der Waals surface area contributed by atoms with Crippen LogP contribution in [0.25, 0.3) is 0 Å². The van der Waals surface area contributed by atoms with Gasteiger partial charge in [-0.05, 0) is 62.4 Å². The van der Waals surface area contributed by atoms with Crippen LogP contribution in [-0.2, 0) is 0 Å². The number of carbonyl (C=O) groups is 1. The van der Waals surface area contributed by atoms with E-state index in [4.69, 9.17) is 10.00 Å². The molecule has 0 unspecified atom stereocenters. The molecule has 0 saturated heterocycles. The average Bonchev–Trinajstić information content (AvgIpc) is 2.70. The first-order valence-corrected chi connectivity index (χ1v) is 8.71. The number of carbonyl (C=O) groups excluding carboxylic acids is 1. The molecule has 2 aromatic carbocycles. The fraction of sp³-hybridized carbons (Fsp3) is 0.143. The lowest BCUT2D eigenvalue weighted by molar-refractivity contribution is 0.102. The van der Waals surface area contributed by atoms with E-state index in [-0.39, 0.29) is 17.7 Å². The smallest absolute Gasteiger partial charge is 0.275 e. The summed E-state index contributed by atoms with van der Waals surface area (Å²) in [5.74, 6) is 0.938. The summed E-state index contributed by atoms with van der Waals surface area (Å²) in [5.41, 5.74) is 2.13. The Morgan fingerprint density at radius 1 is 1.00 bits per heavy atom. The number of aromatic nitrogens is 2.